The maximum Gasteiger partial charge on any atom is 0.315 e. The van der Waals surface area contributed by atoms with Gasteiger partial charge in [0.25, 0.3) is 11.9 Å². The summed E-state index contributed by atoms with van der Waals surface area (Å²) in [6, 6.07) is 1.62. The zero-order chi connectivity index (χ0) is 21.3. The van der Waals surface area contributed by atoms with E-state index in [0.717, 1.165) is 6.42 Å². The molecule has 0 aliphatic carbocycles. The molecule has 0 aromatic carbocycles. The zero-order valence-corrected chi connectivity index (χ0v) is 17.6. The number of hydrogen-bond donors (Lipinski definition) is 1. The Morgan fingerprint density at radius 1 is 1.17 bits per heavy atom. The lowest BCUT2D eigenvalue weighted by Crippen LogP contribution is -2.47. The highest BCUT2D eigenvalue weighted by Gasteiger charge is 2.31. The van der Waals surface area contributed by atoms with E-state index >= 15 is 0 Å². The molecule has 3 atom stereocenters. The second kappa shape index (κ2) is 8.26. The van der Waals surface area contributed by atoms with Crippen molar-refractivity contribution in [2.24, 2.45) is 27.7 Å². The Bertz CT molecular complexity index is 890. The van der Waals surface area contributed by atoms with Gasteiger partial charge in [-0.3, -0.25) is 14.4 Å². The molecule has 2 aliphatic heterocycles. The van der Waals surface area contributed by atoms with Crippen molar-refractivity contribution in [1.29, 1.82) is 0 Å². The van der Waals surface area contributed by atoms with Crippen LogP contribution in [0.4, 0.5) is 5.82 Å². The molecule has 0 radical (unpaired) electrons. The summed E-state index contributed by atoms with van der Waals surface area (Å²) >= 11 is 0. The molecule has 1 aromatic heterocycles. The van der Waals surface area contributed by atoms with Crippen molar-refractivity contribution >= 4 is 35.2 Å². The zero-order valence-electron chi connectivity index (χ0n) is 17.6. The van der Waals surface area contributed by atoms with E-state index in [-0.39, 0.29) is 23.6 Å². The standard InChI is InChI=1S/C20H28N6O3/c1-6-15-14(5)21-20(23-17(15)27)26-16(8-13(4)24-26)22-18(28)19(29)25-9-11(2)7-12(3)10-25/h8,11-12,15H,6-7,9-10H2,1-5H3,(H,22,28). The number of rotatable bonds is 2. The Labute approximate surface area is 170 Å². The number of hydrogen-bond acceptors (Lipinski definition) is 5. The fourth-order valence-electron chi connectivity index (χ4n) is 4.06. The van der Waals surface area contributed by atoms with E-state index in [0.29, 0.717) is 42.8 Å². The lowest BCUT2D eigenvalue weighted by molar-refractivity contribution is -0.145. The highest BCUT2D eigenvalue weighted by atomic mass is 16.2. The number of aromatic nitrogens is 2. The van der Waals surface area contributed by atoms with E-state index in [9.17, 15) is 14.4 Å². The van der Waals surface area contributed by atoms with E-state index in [2.05, 4.69) is 34.2 Å². The third-order valence-electron chi connectivity index (χ3n) is 5.31. The van der Waals surface area contributed by atoms with Crippen molar-refractivity contribution < 1.29 is 14.4 Å². The number of carbonyl (C=O) groups excluding carboxylic acids is 3. The minimum absolute atomic E-state index is 0.0910. The Hall–Kier alpha value is -2.84. The number of anilines is 1. The predicted molar refractivity (Wildman–Crippen MR) is 110 cm³/mol. The van der Waals surface area contributed by atoms with Gasteiger partial charge in [0.15, 0.2) is 0 Å². The Morgan fingerprint density at radius 3 is 2.41 bits per heavy atom. The van der Waals surface area contributed by atoms with E-state index in [4.69, 9.17) is 0 Å². The largest absolute Gasteiger partial charge is 0.334 e. The molecule has 1 N–H and O–H groups in total. The van der Waals surface area contributed by atoms with Crippen LogP contribution in [-0.2, 0) is 14.4 Å². The summed E-state index contributed by atoms with van der Waals surface area (Å²) in [7, 11) is 0. The maximum absolute atomic E-state index is 12.6. The van der Waals surface area contributed by atoms with Gasteiger partial charge in [0, 0.05) is 24.9 Å². The van der Waals surface area contributed by atoms with E-state index < -0.39 is 11.8 Å². The molecular weight excluding hydrogens is 372 g/mol. The first kappa shape index (κ1) is 20.9. The predicted octanol–water partition coefficient (Wildman–Crippen LogP) is 1.87. The number of likely N-dealkylation sites (tertiary alicyclic amines) is 1. The van der Waals surface area contributed by atoms with Gasteiger partial charge in [-0.15, -0.1) is 0 Å². The van der Waals surface area contributed by atoms with E-state index in [1.54, 1.807) is 24.8 Å². The summed E-state index contributed by atoms with van der Waals surface area (Å²) in [4.78, 5) is 47.6. The highest BCUT2D eigenvalue weighted by Crippen LogP contribution is 2.22. The summed E-state index contributed by atoms with van der Waals surface area (Å²) < 4.78 is 1.30. The third kappa shape index (κ3) is 4.44. The van der Waals surface area contributed by atoms with Crippen molar-refractivity contribution in [2.75, 3.05) is 18.4 Å². The molecule has 2 aliphatic rings. The third-order valence-corrected chi connectivity index (χ3v) is 5.31. The molecule has 3 heterocycles. The lowest BCUT2D eigenvalue weighted by Gasteiger charge is -2.34. The summed E-state index contributed by atoms with van der Waals surface area (Å²) in [6.07, 6.45) is 1.66. The minimum Gasteiger partial charge on any atom is -0.334 e. The average molecular weight is 400 g/mol. The number of piperidine rings is 1. The van der Waals surface area contributed by atoms with Crippen molar-refractivity contribution in [3.63, 3.8) is 0 Å². The van der Waals surface area contributed by atoms with Crippen molar-refractivity contribution in [2.45, 2.75) is 47.5 Å². The van der Waals surface area contributed by atoms with Crippen LogP contribution in [0.1, 0.15) is 46.2 Å². The van der Waals surface area contributed by atoms with Crippen molar-refractivity contribution in [1.82, 2.24) is 14.7 Å². The quantitative estimate of drug-likeness (QED) is 0.764. The molecule has 0 spiro atoms. The number of aryl methyl sites for hydroxylation is 1. The van der Waals surface area contributed by atoms with Crippen LogP contribution in [0.25, 0.3) is 0 Å². The average Bonchev–Trinajstić information content (AvgIpc) is 3.00. The van der Waals surface area contributed by atoms with Gasteiger partial charge in [-0.2, -0.15) is 14.8 Å². The smallest absolute Gasteiger partial charge is 0.315 e. The second-order valence-electron chi connectivity index (χ2n) is 8.16. The van der Waals surface area contributed by atoms with E-state index in [1.807, 2.05) is 6.92 Å². The van der Waals surface area contributed by atoms with Crippen LogP contribution in [0.2, 0.25) is 0 Å². The molecule has 1 aromatic rings. The molecule has 156 valence electrons. The molecule has 29 heavy (non-hydrogen) atoms. The Balaban J connectivity index is 1.80. The molecule has 1 fully saturated rings. The highest BCUT2D eigenvalue weighted by molar-refractivity contribution is 6.39. The van der Waals surface area contributed by atoms with Crippen molar-refractivity contribution in [3.8, 4) is 0 Å². The maximum atomic E-state index is 12.6. The molecular formula is C20H28N6O3. The van der Waals surface area contributed by atoms with Crippen LogP contribution >= 0.6 is 0 Å². The molecule has 0 bridgehead atoms. The van der Waals surface area contributed by atoms with Crippen molar-refractivity contribution in [3.05, 3.63) is 11.8 Å². The number of carbonyl (C=O) groups is 3. The first-order valence-corrected chi connectivity index (χ1v) is 10.0. The van der Waals surface area contributed by atoms with E-state index in [1.165, 1.54) is 4.68 Å². The van der Waals surface area contributed by atoms with Gasteiger partial charge in [-0.25, -0.2) is 4.99 Å². The summed E-state index contributed by atoms with van der Waals surface area (Å²) in [5, 5.41) is 6.91. The van der Waals surface area contributed by atoms with Gasteiger partial charge in [0.2, 0.25) is 0 Å². The minimum atomic E-state index is -0.734. The van der Waals surface area contributed by atoms with Crippen LogP contribution in [0, 0.1) is 24.7 Å². The monoisotopic (exact) mass is 400 g/mol. The fraction of sp³-hybridized carbons (Fsp3) is 0.600. The van der Waals surface area contributed by atoms with Crippen LogP contribution in [0.5, 0.6) is 0 Å². The number of nitrogens with zero attached hydrogens (tertiary/aromatic N) is 5. The Kier molecular flexibility index (Phi) is 5.95. The first-order chi connectivity index (χ1) is 13.7. The molecule has 0 saturated carbocycles. The van der Waals surface area contributed by atoms with Crippen LogP contribution in [0.3, 0.4) is 0 Å². The number of nitrogens with one attached hydrogen (secondary N) is 1. The van der Waals surface area contributed by atoms with Gasteiger partial charge in [0.05, 0.1) is 11.6 Å². The van der Waals surface area contributed by atoms with Gasteiger partial charge in [-0.1, -0.05) is 20.8 Å². The number of amides is 3. The molecule has 3 amide bonds. The van der Waals surface area contributed by atoms with Gasteiger partial charge < -0.3 is 10.2 Å². The second-order valence-corrected chi connectivity index (χ2v) is 8.16. The lowest BCUT2D eigenvalue weighted by atomic mass is 9.92. The summed E-state index contributed by atoms with van der Waals surface area (Å²) in [5.74, 6) is -0.857. The SMILES string of the molecule is CCC1C(=O)N=C(n2nc(C)cc2NC(=O)C(=O)N2CC(C)CC(C)C2)N=C1C. The van der Waals surface area contributed by atoms with Crippen LogP contribution in [0.15, 0.2) is 16.1 Å². The molecule has 1 saturated heterocycles. The summed E-state index contributed by atoms with van der Waals surface area (Å²) in [6.45, 7) is 10.7. The first-order valence-electron chi connectivity index (χ1n) is 10.0. The van der Waals surface area contributed by atoms with Gasteiger partial charge in [0.1, 0.15) is 5.82 Å². The fourth-order valence-corrected chi connectivity index (χ4v) is 4.06. The molecule has 9 heteroatoms. The van der Waals surface area contributed by atoms with Crippen LogP contribution < -0.4 is 5.32 Å². The summed E-state index contributed by atoms with van der Waals surface area (Å²) in [5.41, 5.74) is 1.26. The van der Waals surface area contributed by atoms with Gasteiger partial charge in [-0.05, 0) is 38.5 Å². The van der Waals surface area contributed by atoms with Gasteiger partial charge >= 0.3 is 11.8 Å². The topological polar surface area (TPSA) is 109 Å². The molecule has 9 nitrogen and oxygen atoms in total. The molecule has 3 rings (SSSR count). The molecule has 3 unspecified atom stereocenters. The number of aliphatic imine (C=N–C) groups is 2. The normalized spacial score (nSPS) is 24.8. The Morgan fingerprint density at radius 2 is 1.83 bits per heavy atom. The van der Waals surface area contributed by atoms with Crippen LogP contribution in [-0.4, -0.2) is 57.2 Å².